The lowest BCUT2D eigenvalue weighted by atomic mass is 9.92. The highest BCUT2D eigenvalue weighted by Crippen LogP contribution is 2.30. The molecule has 1 N–H and O–H groups in total. The summed E-state index contributed by atoms with van der Waals surface area (Å²) >= 11 is 0. The van der Waals surface area contributed by atoms with Crippen molar-refractivity contribution < 1.29 is 22.3 Å². The van der Waals surface area contributed by atoms with E-state index in [-0.39, 0.29) is 37.9 Å². The van der Waals surface area contributed by atoms with Crippen LogP contribution in [-0.2, 0) is 27.7 Å². The van der Waals surface area contributed by atoms with Gasteiger partial charge in [-0.2, -0.15) is 9.40 Å². The van der Waals surface area contributed by atoms with Gasteiger partial charge < -0.3 is 10.1 Å². The van der Waals surface area contributed by atoms with Gasteiger partial charge in [0.25, 0.3) is 5.91 Å². The van der Waals surface area contributed by atoms with Gasteiger partial charge in [-0.25, -0.2) is 12.8 Å². The van der Waals surface area contributed by atoms with Crippen molar-refractivity contribution in [2.75, 3.05) is 26.3 Å². The van der Waals surface area contributed by atoms with Crippen LogP contribution in [0.2, 0.25) is 0 Å². The Morgan fingerprint density at radius 1 is 1.14 bits per heavy atom. The minimum absolute atomic E-state index is 0.0991. The number of nitrogens with zero attached hydrogens (tertiary/aromatic N) is 3. The number of hydrogen-bond acceptors (Lipinski definition) is 5. The van der Waals surface area contributed by atoms with E-state index < -0.39 is 26.6 Å². The van der Waals surface area contributed by atoms with E-state index in [4.69, 9.17) is 4.74 Å². The molecule has 2 heterocycles. The second kappa shape index (κ2) is 9.88. The van der Waals surface area contributed by atoms with Crippen LogP contribution >= 0.6 is 0 Å². The fourth-order valence-corrected chi connectivity index (χ4v) is 6.17. The van der Waals surface area contributed by atoms with Gasteiger partial charge in [-0.1, -0.05) is 30.3 Å². The number of halogens is 1. The molecule has 1 saturated heterocycles. The lowest BCUT2D eigenvalue weighted by Gasteiger charge is -2.26. The maximum absolute atomic E-state index is 14.5. The van der Waals surface area contributed by atoms with Gasteiger partial charge >= 0.3 is 0 Å². The highest BCUT2D eigenvalue weighted by Gasteiger charge is 2.31. The van der Waals surface area contributed by atoms with E-state index in [9.17, 15) is 17.6 Å². The SMILES string of the molecule is O=C(NC1CCCc2c1cnn2Cc1ccccc1)c1ccc(F)c(S(=O)(=O)N2CCOCC2)c1. The van der Waals surface area contributed by atoms with Crippen LogP contribution in [0.15, 0.2) is 59.6 Å². The number of nitrogens with one attached hydrogen (secondary N) is 1. The first-order chi connectivity index (χ1) is 16.9. The summed E-state index contributed by atoms with van der Waals surface area (Å²) in [7, 11) is -4.07. The highest BCUT2D eigenvalue weighted by atomic mass is 32.2. The zero-order chi connectivity index (χ0) is 24.4. The summed E-state index contributed by atoms with van der Waals surface area (Å²) in [6.45, 7) is 1.45. The van der Waals surface area contributed by atoms with Gasteiger partial charge in [-0.15, -0.1) is 0 Å². The zero-order valence-electron chi connectivity index (χ0n) is 19.2. The van der Waals surface area contributed by atoms with E-state index in [1.807, 2.05) is 35.0 Å². The minimum Gasteiger partial charge on any atom is -0.379 e. The van der Waals surface area contributed by atoms with E-state index >= 15 is 0 Å². The molecule has 1 aliphatic heterocycles. The fourth-order valence-electron chi connectivity index (χ4n) is 4.67. The van der Waals surface area contributed by atoms with E-state index in [1.54, 1.807) is 6.20 Å². The molecule has 35 heavy (non-hydrogen) atoms. The Labute approximate surface area is 203 Å². The van der Waals surface area contributed by atoms with Crippen LogP contribution in [-0.4, -0.2) is 54.7 Å². The van der Waals surface area contributed by atoms with Crippen molar-refractivity contribution in [2.45, 2.75) is 36.7 Å². The predicted octanol–water partition coefficient (Wildman–Crippen LogP) is 2.90. The number of ether oxygens (including phenoxy) is 1. The van der Waals surface area contributed by atoms with Crippen LogP contribution in [0, 0.1) is 5.82 Å². The molecule has 1 unspecified atom stereocenters. The number of amides is 1. The van der Waals surface area contributed by atoms with E-state index in [1.165, 1.54) is 10.4 Å². The number of morpholine rings is 1. The maximum atomic E-state index is 14.5. The molecule has 1 aliphatic carbocycles. The van der Waals surface area contributed by atoms with Gasteiger partial charge in [-0.05, 0) is 43.0 Å². The number of sulfonamides is 1. The maximum Gasteiger partial charge on any atom is 0.251 e. The third-order valence-corrected chi connectivity index (χ3v) is 8.44. The monoisotopic (exact) mass is 498 g/mol. The molecule has 1 amide bonds. The van der Waals surface area contributed by atoms with Crippen molar-refractivity contribution in [2.24, 2.45) is 0 Å². The first-order valence-electron chi connectivity index (χ1n) is 11.7. The molecule has 0 spiro atoms. The van der Waals surface area contributed by atoms with Crippen molar-refractivity contribution in [3.8, 4) is 0 Å². The largest absolute Gasteiger partial charge is 0.379 e. The van der Waals surface area contributed by atoms with Crippen molar-refractivity contribution in [3.05, 3.63) is 82.9 Å². The molecule has 1 atom stereocenters. The zero-order valence-corrected chi connectivity index (χ0v) is 20.0. The quantitative estimate of drug-likeness (QED) is 0.564. The molecule has 1 fully saturated rings. The lowest BCUT2D eigenvalue weighted by Crippen LogP contribution is -2.41. The van der Waals surface area contributed by atoms with Crippen LogP contribution in [0.4, 0.5) is 4.39 Å². The average molecular weight is 499 g/mol. The molecule has 184 valence electrons. The van der Waals surface area contributed by atoms with Gasteiger partial charge in [0.05, 0.1) is 32.0 Å². The normalized spacial score (nSPS) is 18.7. The molecule has 0 bridgehead atoms. The Kier molecular flexibility index (Phi) is 6.68. The summed E-state index contributed by atoms with van der Waals surface area (Å²) in [6.07, 6.45) is 4.29. The van der Waals surface area contributed by atoms with Crippen LogP contribution in [0.25, 0.3) is 0 Å². The number of carbonyl (C=O) groups is 1. The number of carbonyl (C=O) groups excluding carboxylic acids is 1. The van der Waals surface area contributed by atoms with Crippen LogP contribution in [0.5, 0.6) is 0 Å². The number of benzene rings is 2. The Morgan fingerprint density at radius 2 is 1.91 bits per heavy atom. The molecular weight excluding hydrogens is 471 g/mol. The molecule has 3 aromatic rings. The standard InChI is InChI=1S/C25H27FN4O4S/c26-21-10-9-19(15-24(21)35(32,33)29-11-13-34-14-12-29)25(31)28-22-7-4-8-23-20(22)16-27-30(23)17-18-5-2-1-3-6-18/h1-3,5-6,9-10,15-16,22H,4,7-8,11-14,17H2,(H,28,31). The Hall–Kier alpha value is -3.08. The second-order valence-electron chi connectivity index (χ2n) is 8.77. The predicted molar refractivity (Wildman–Crippen MR) is 127 cm³/mol. The third kappa shape index (κ3) is 4.86. The summed E-state index contributed by atoms with van der Waals surface area (Å²) in [4.78, 5) is 12.6. The highest BCUT2D eigenvalue weighted by molar-refractivity contribution is 7.89. The van der Waals surface area contributed by atoms with Crippen LogP contribution < -0.4 is 5.32 Å². The summed E-state index contributed by atoms with van der Waals surface area (Å²) in [5.74, 6) is -1.33. The molecule has 0 saturated carbocycles. The number of aromatic nitrogens is 2. The van der Waals surface area contributed by atoms with Gasteiger partial charge in [-0.3, -0.25) is 9.48 Å². The number of hydrogen-bond donors (Lipinski definition) is 1. The summed E-state index contributed by atoms with van der Waals surface area (Å²) in [6, 6.07) is 13.3. The van der Waals surface area contributed by atoms with Gasteiger partial charge in [0.1, 0.15) is 10.7 Å². The minimum atomic E-state index is -4.07. The van der Waals surface area contributed by atoms with Gasteiger partial charge in [0.15, 0.2) is 0 Å². The average Bonchev–Trinajstić information content (AvgIpc) is 3.29. The summed E-state index contributed by atoms with van der Waals surface area (Å²) < 4.78 is 48.8. The van der Waals surface area contributed by atoms with Crippen molar-refractivity contribution in [1.29, 1.82) is 0 Å². The van der Waals surface area contributed by atoms with E-state index in [2.05, 4.69) is 10.4 Å². The fraction of sp³-hybridized carbons (Fsp3) is 0.360. The smallest absolute Gasteiger partial charge is 0.251 e. The molecular formula is C25H27FN4O4S. The number of fused-ring (bicyclic) bond motifs is 1. The Balaban J connectivity index is 1.35. The molecule has 2 aliphatic rings. The topological polar surface area (TPSA) is 93.5 Å². The van der Waals surface area contributed by atoms with E-state index in [0.717, 1.165) is 48.2 Å². The number of rotatable bonds is 6. The lowest BCUT2D eigenvalue weighted by molar-refractivity contribution is 0.0729. The van der Waals surface area contributed by atoms with Gasteiger partial charge in [0, 0.05) is 29.9 Å². The summed E-state index contributed by atoms with van der Waals surface area (Å²) in [5, 5.41) is 7.56. The van der Waals surface area contributed by atoms with Crippen molar-refractivity contribution in [1.82, 2.24) is 19.4 Å². The van der Waals surface area contributed by atoms with Crippen molar-refractivity contribution >= 4 is 15.9 Å². The molecule has 1 aromatic heterocycles. The third-order valence-electron chi connectivity index (χ3n) is 6.52. The molecule has 5 rings (SSSR count). The van der Waals surface area contributed by atoms with E-state index in [0.29, 0.717) is 6.54 Å². The molecule has 10 heteroatoms. The first-order valence-corrected chi connectivity index (χ1v) is 13.1. The van der Waals surface area contributed by atoms with Crippen LogP contribution in [0.3, 0.4) is 0 Å². The first kappa shape index (κ1) is 23.7. The molecule has 0 radical (unpaired) electrons. The van der Waals surface area contributed by atoms with Gasteiger partial charge in [0.2, 0.25) is 10.0 Å². The molecule has 8 nitrogen and oxygen atoms in total. The van der Waals surface area contributed by atoms with Crippen molar-refractivity contribution in [3.63, 3.8) is 0 Å². The second-order valence-corrected chi connectivity index (χ2v) is 10.7. The summed E-state index contributed by atoms with van der Waals surface area (Å²) in [5.41, 5.74) is 3.29. The molecule has 2 aromatic carbocycles. The Morgan fingerprint density at radius 3 is 2.69 bits per heavy atom. The van der Waals surface area contributed by atoms with Crippen LogP contribution in [0.1, 0.15) is 46.1 Å². The Bertz CT molecular complexity index is 1320.